The molecular formula is C14H21N3O. The van der Waals surface area contributed by atoms with E-state index in [0.717, 1.165) is 31.6 Å². The van der Waals surface area contributed by atoms with Gasteiger partial charge in [-0.3, -0.25) is 9.69 Å². The van der Waals surface area contributed by atoms with Crippen LogP contribution in [-0.2, 0) is 6.54 Å². The maximum absolute atomic E-state index is 11.1. The predicted molar refractivity (Wildman–Crippen MR) is 72.0 cm³/mol. The Morgan fingerprint density at radius 3 is 2.94 bits per heavy atom. The number of nitrogens with two attached hydrogens (primary N) is 2. The molecule has 0 saturated carbocycles. The van der Waals surface area contributed by atoms with Gasteiger partial charge in [0.1, 0.15) is 0 Å². The number of rotatable bonds is 4. The Hall–Kier alpha value is -1.39. The average molecular weight is 247 g/mol. The van der Waals surface area contributed by atoms with Gasteiger partial charge in [0.05, 0.1) is 0 Å². The minimum Gasteiger partial charge on any atom is -0.366 e. The summed E-state index contributed by atoms with van der Waals surface area (Å²) in [6.07, 6.45) is 1.16. The molecular weight excluding hydrogens is 226 g/mol. The van der Waals surface area contributed by atoms with Crippen LogP contribution in [0.3, 0.4) is 0 Å². The highest BCUT2D eigenvalue weighted by Gasteiger charge is 2.24. The van der Waals surface area contributed by atoms with E-state index < -0.39 is 0 Å². The lowest BCUT2D eigenvalue weighted by Crippen LogP contribution is -2.29. The van der Waals surface area contributed by atoms with Crippen LogP contribution in [-0.4, -0.2) is 29.9 Å². The van der Waals surface area contributed by atoms with Crippen LogP contribution in [0.15, 0.2) is 24.3 Å². The molecule has 0 spiro atoms. The molecule has 2 rings (SSSR count). The molecule has 18 heavy (non-hydrogen) atoms. The lowest BCUT2D eigenvalue weighted by Gasteiger charge is -2.18. The van der Waals surface area contributed by atoms with E-state index in [1.54, 1.807) is 6.07 Å². The van der Waals surface area contributed by atoms with Crippen LogP contribution >= 0.6 is 0 Å². The SMILES string of the molecule is CC(N)C1CCN(Cc2cccc(C(N)=O)c2)C1. The van der Waals surface area contributed by atoms with Crippen LogP contribution in [0.1, 0.15) is 29.3 Å². The topological polar surface area (TPSA) is 72.3 Å². The van der Waals surface area contributed by atoms with Gasteiger partial charge in [0.2, 0.25) is 5.91 Å². The number of amides is 1. The maximum atomic E-state index is 11.1. The van der Waals surface area contributed by atoms with E-state index in [-0.39, 0.29) is 11.9 Å². The van der Waals surface area contributed by atoms with Crippen LogP contribution in [0.4, 0.5) is 0 Å². The third kappa shape index (κ3) is 3.09. The summed E-state index contributed by atoms with van der Waals surface area (Å²) in [5.74, 6) is 0.219. The summed E-state index contributed by atoms with van der Waals surface area (Å²) in [6, 6.07) is 7.80. The highest BCUT2D eigenvalue weighted by Crippen LogP contribution is 2.20. The molecule has 1 aliphatic rings. The van der Waals surface area contributed by atoms with Crippen molar-refractivity contribution in [2.75, 3.05) is 13.1 Å². The molecule has 1 aromatic rings. The number of hydrogen-bond donors (Lipinski definition) is 2. The number of nitrogens with zero attached hydrogens (tertiary/aromatic N) is 1. The highest BCUT2D eigenvalue weighted by atomic mass is 16.1. The molecule has 4 N–H and O–H groups in total. The van der Waals surface area contributed by atoms with Gasteiger partial charge in [-0.2, -0.15) is 0 Å². The van der Waals surface area contributed by atoms with Gasteiger partial charge in [-0.25, -0.2) is 0 Å². The lowest BCUT2D eigenvalue weighted by molar-refractivity contribution is 0.1000. The van der Waals surface area contributed by atoms with Crippen molar-refractivity contribution in [2.24, 2.45) is 17.4 Å². The second-order valence-electron chi connectivity index (χ2n) is 5.21. The fraction of sp³-hybridized carbons (Fsp3) is 0.500. The number of primary amides is 1. The molecule has 4 nitrogen and oxygen atoms in total. The first-order valence-electron chi connectivity index (χ1n) is 6.43. The zero-order valence-corrected chi connectivity index (χ0v) is 10.8. The van der Waals surface area contributed by atoms with Crippen molar-refractivity contribution in [1.29, 1.82) is 0 Å². The first kappa shape index (κ1) is 13.1. The minimum absolute atomic E-state index is 0.256. The van der Waals surface area contributed by atoms with Crippen LogP contribution < -0.4 is 11.5 Å². The van der Waals surface area contributed by atoms with Crippen molar-refractivity contribution < 1.29 is 4.79 Å². The fourth-order valence-corrected chi connectivity index (χ4v) is 2.52. The Kier molecular flexibility index (Phi) is 3.99. The normalized spacial score (nSPS) is 22.0. The van der Waals surface area contributed by atoms with Gasteiger partial charge < -0.3 is 11.5 Å². The third-order valence-electron chi connectivity index (χ3n) is 3.67. The van der Waals surface area contributed by atoms with Crippen molar-refractivity contribution in [1.82, 2.24) is 4.90 Å². The number of hydrogen-bond acceptors (Lipinski definition) is 3. The molecule has 2 atom stereocenters. The summed E-state index contributed by atoms with van der Waals surface area (Å²) in [6.45, 7) is 5.05. The maximum Gasteiger partial charge on any atom is 0.248 e. The van der Waals surface area contributed by atoms with Crippen molar-refractivity contribution in [3.63, 3.8) is 0 Å². The van der Waals surface area contributed by atoms with E-state index in [1.807, 2.05) is 18.2 Å². The first-order chi connectivity index (χ1) is 8.56. The second kappa shape index (κ2) is 5.50. The monoisotopic (exact) mass is 247 g/mol. The van der Waals surface area contributed by atoms with Crippen molar-refractivity contribution in [3.05, 3.63) is 35.4 Å². The van der Waals surface area contributed by atoms with E-state index >= 15 is 0 Å². The summed E-state index contributed by atoms with van der Waals surface area (Å²) in [5.41, 5.74) is 12.9. The van der Waals surface area contributed by atoms with Crippen LogP contribution in [0.5, 0.6) is 0 Å². The Bertz CT molecular complexity index is 431. The van der Waals surface area contributed by atoms with E-state index in [2.05, 4.69) is 11.8 Å². The fourth-order valence-electron chi connectivity index (χ4n) is 2.52. The van der Waals surface area contributed by atoms with Gasteiger partial charge in [0, 0.05) is 24.7 Å². The molecule has 0 aliphatic carbocycles. The standard InChI is InChI=1S/C14H21N3O/c1-10(15)13-5-6-17(9-13)8-11-3-2-4-12(7-11)14(16)18/h2-4,7,10,13H,5-6,8-9,15H2,1H3,(H2,16,18). The Labute approximate surface area is 108 Å². The third-order valence-corrected chi connectivity index (χ3v) is 3.67. The second-order valence-corrected chi connectivity index (χ2v) is 5.21. The van der Waals surface area contributed by atoms with Gasteiger partial charge >= 0.3 is 0 Å². The van der Waals surface area contributed by atoms with Crippen LogP contribution in [0, 0.1) is 5.92 Å². The lowest BCUT2D eigenvalue weighted by atomic mass is 10.0. The van der Waals surface area contributed by atoms with E-state index in [4.69, 9.17) is 11.5 Å². The highest BCUT2D eigenvalue weighted by molar-refractivity contribution is 5.92. The van der Waals surface area contributed by atoms with Crippen molar-refractivity contribution in [3.8, 4) is 0 Å². The molecule has 0 radical (unpaired) electrons. The van der Waals surface area contributed by atoms with E-state index in [9.17, 15) is 4.79 Å². The zero-order valence-electron chi connectivity index (χ0n) is 10.8. The number of likely N-dealkylation sites (tertiary alicyclic amines) is 1. The molecule has 2 unspecified atom stereocenters. The molecule has 4 heteroatoms. The Balaban J connectivity index is 1.98. The average Bonchev–Trinajstić information content (AvgIpc) is 2.78. The van der Waals surface area contributed by atoms with Crippen molar-refractivity contribution in [2.45, 2.75) is 25.9 Å². The Morgan fingerprint density at radius 1 is 1.56 bits per heavy atom. The quantitative estimate of drug-likeness (QED) is 0.832. The molecule has 1 heterocycles. The van der Waals surface area contributed by atoms with E-state index in [1.165, 1.54) is 0 Å². The Morgan fingerprint density at radius 2 is 2.33 bits per heavy atom. The van der Waals surface area contributed by atoms with Gasteiger partial charge in [0.15, 0.2) is 0 Å². The molecule has 1 aromatic carbocycles. The number of carbonyl (C=O) groups is 1. The molecule has 1 aliphatic heterocycles. The van der Waals surface area contributed by atoms with Gasteiger partial charge in [-0.1, -0.05) is 12.1 Å². The summed E-state index contributed by atoms with van der Waals surface area (Å²) in [7, 11) is 0. The summed E-state index contributed by atoms with van der Waals surface area (Å²) in [4.78, 5) is 13.5. The molecule has 98 valence electrons. The molecule has 1 amide bonds. The first-order valence-corrected chi connectivity index (χ1v) is 6.43. The van der Waals surface area contributed by atoms with Gasteiger partial charge in [-0.05, 0) is 43.5 Å². The summed E-state index contributed by atoms with van der Waals surface area (Å²) in [5, 5.41) is 0. The van der Waals surface area contributed by atoms with E-state index in [0.29, 0.717) is 11.5 Å². The minimum atomic E-state index is -0.369. The van der Waals surface area contributed by atoms with Crippen LogP contribution in [0.25, 0.3) is 0 Å². The summed E-state index contributed by atoms with van der Waals surface area (Å²) < 4.78 is 0. The molecule has 0 bridgehead atoms. The smallest absolute Gasteiger partial charge is 0.248 e. The van der Waals surface area contributed by atoms with Crippen LogP contribution in [0.2, 0.25) is 0 Å². The van der Waals surface area contributed by atoms with Gasteiger partial charge in [-0.15, -0.1) is 0 Å². The molecule has 1 saturated heterocycles. The zero-order chi connectivity index (χ0) is 13.1. The predicted octanol–water partition coefficient (Wildman–Crippen LogP) is 0.955. The van der Waals surface area contributed by atoms with Crippen molar-refractivity contribution >= 4 is 5.91 Å². The summed E-state index contributed by atoms with van der Waals surface area (Å²) >= 11 is 0. The number of benzene rings is 1. The largest absolute Gasteiger partial charge is 0.366 e. The number of carbonyl (C=O) groups excluding carboxylic acids is 1. The van der Waals surface area contributed by atoms with Gasteiger partial charge in [0.25, 0.3) is 0 Å². The molecule has 0 aromatic heterocycles. The molecule has 1 fully saturated rings.